The summed E-state index contributed by atoms with van der Waals surface area (Å²) in [5.74, 6) is 1.29. The molecule has 0 saturated heterocycles. The van der Waals surface area contributed by atoms with Crippen molar-refractivity contribution in [2.75, 3.05) is 7.11 Å². The molecule has 2 heteroatoms. The van der Waals surface area contributed by atoms with Crippen LogP contribution in [0.1, 0.15) is 24.0 Å². The molecular formula is C14H16O2. The van der Waals surface area contributed by atoms with Gasteiger partial charge in [-0.05, 0) is 48.1 Å². The van der Waals surface area contributed by atoms with Crippen LogP contribution in [0, 0.1) is 5.92 Å². The number of ether oxygens (including phenoxy) is 1. The maximum absolute atomic E-state index is 9.87. The molecule has 2 aliphatic rings. The van der Waals surface area contributed by atoms with Crippen molar-refractivity contribution in [3.05, 3.63) is 35.4 Å². The van der Waals surface area contributed by atoms with Crippen molar-refractivity contribution in [1.82, 2.24) is 0 Å². The van der Waals surface area contributed by atoms with E-state index in [0.717, 1.165) is 25.0 Å². The molecule has 84 valence electrons. The van der Waals surface area contributed by atoms with Crippen molar-refractivity contribution < 1.29 is 9.84 Å². The molecule has 0 saturated carbocycles. The zero-order chi connectivity index (χ0) is 11.1. The third-order valence-corrected chi connectivity index (χ3v) is 3.79. The zero-order valence-corrected chi connectivity index (χ0v) is 9.44. The van der Waals surface area contributed by atoms with E-state index >= 15 is 0 Å². The molecule has 1 aromatic rings. The zero-order valence-electron chi connectivity index (χ0n) is 9.44. The van der Waals surface area contributed by atoms with E-state index in [1.54, 1.807) is 7.11 Å². The number of aryl methyl sites for hydroxylation is 1. The highest BCUT2D eigenvalue weighted by atomic mass is 16.5. The first-order valence-electron chi connectivity index (χ1n) is 5.85. The van der Waals surface area contributed by atoms with Gasteiger partial charge < -0.3 is 9.84 Å². The number of benzene rings is 1. The van der Waals surface area contributed by atoms with Crippen LogP contribution in [0.4, 0.5) is 0 Å². The molecule has 0 radical (unpaired) electrons. The molecule has 0 amide bonds. The third-order valence-electron chi connectivity index (χ3n) is 3.79. The summed E-state index contributed by atoms with van der Waals surface area (Å²) in [4.78, 5) is 0. The van der Waals surface area contributed by atoms with Gasteiger partial charge in [-0.1, -0.05) is 12.1 Å². The van der Waals surface area contributed by atoms with Crippen LogP contribution in [0.15, 0.2) is 24.3 Å². The summed E-state index contributed by atoms with van der Waals surface area (Å²) in [5, 5.41) is 9.87. The van der Waals surface area contributed by atoms with E-state index in [0.29, 0.717) is 5.92 Å². The lowest BCUT2D eigenvalue weighted by Crippen LogP contribution is -2.20. The van der Waals surface area contributed by atoms with Crippen LogP contribution < -0.4 is 4.74 Å². The molecule has 1 N–H and O–H groups in total. The first kappa shape index (κ1) is 9.91. The summed E-state index contributed by atoms with van der Waals surface area (Å²) in [6, 6.07) is 6.26. The average molecular weight is 216 g/mol. The Morgan fingerprint density at radius 1 is 1.38 bits per heavy atom. The monoisotopic (exact) mass is 216 g/mol. The lowest BCUT2D eigenvalue weighted by Gasteiger charge is -2.26. The molecule has 0 fully saturated rings. The van der Waals surface area contributed by atoms with Crippen molar-refractivity contribution in [2.24, 2.45) is 5.92 Å². The summed E-state index contributed by atoms with van der Waals surface area (Å²) < 4.78 is 5.24. The van der Waals surface area contributed by atoms with Crippen LogP contribution in [0.25, 0.3) is 5.57 Å². The summed E-state index contributed by atoms with van der Waals surface area (Å²) >= 11 is 0. The van der Waals surface area contributed by atoms with Crippen molar-refractivity contribution in [3.8, 4) is 5.75 Å². The predicted octanol–water partition coefficient (Wildman–Crippen LogP) is 2.41. The number of aliphatic hydroxyl groups excluding tert-OH is 1. The molecule has 16 heavy (non-hydrogen) atoms. The quantitative estimate of drug-likeness (QED) is 0.781. The van der Waals surface area contributed by atoms with Crippen molar-refractivity contribution in [3.63, 3.8) is 0 Å². The Bertz CT molecular complexity index is 448. The average Bonchev–Trinajstić information content (AvgIpc) is 2.70. The normalized spacial score (nSPS) is 27.0. The van der Waals surface area contributed by atoms with Gasteiger partial charge in [0.15, 0.2) is 0 Å². The van der Waals surface area contributed by atoms with E-state index in [4.69, 9.17) is 4.74 Å². The Hall–Kier alpha value is -1.28. The first-order valence-corrected chi connectivity index (χ1v) is 5.85. The molecule has 1 aromatic carbocycles. The molecule has 0 aliphatic heterocycles. The lowest BCUT2D eigenvalue weighted by atomic mass is 9.80. The Labute approximate surface area is 95.6 Å². The van der Waals surface area contributed by atoms with Crippen LogP contribution in [0.5, 0.6) is 5.75 Å². The van der Waals surface area contributed by atoms with Gasteiger partial charge in [0.05, 0.1) is 13.2 Å². The van der Waals surface area contributed by atoms with E-state index in [-0.39, 0.29) is 6.10 Å². The van der Waals surface area contributed by atoms with Gasteiger partial charge in [-0.15, -0.1) is 0 Å². The van der Waals surface area contributed by atoms with Crippen LogP contribution in [-0.2, 0) is 6.42 Å². The van der Waals surface area contributed by atoms with Gasteiger partial charge in [0.1, 0.15) is 5.75 Å². The van der Waals surface area contributed by atoms with Crippen LogP contribution in [0.3, 0.4) is 0 Å². The second-order valence-electron chi connectivity index (χ2n) is 4.63. The Morgan fingerprint density at radius 3 is 3.06 bits per heavy atom. The minimum absolute atomic E-state index is 0.162. The topological polar surface area (TPSA) is 29.5 Å². The van der Waals surface area contributed by atoms with E-state index in [1.807, 2.05) is 6.07 Å². The summed E-state index contributed by atoms with van der Waals surface area (Å²) in [5.41, 5.74) is 4.01. The van der Waals surface area contributed by atoms with Gasteiger partial charge in [0.2, 0.25) is 0 Å². The Kier molecular flexibility index (Phi) is 2.25. The highest BCUT2D eigenvalue weighted by molar-refractivity contribution is 5.74. The lowest BCUT2D eigenvalue weighted by molar-refractivity contribution is 0.141. The first-order chi connectivity index (χ1) is 7.79. The molecular weight excluding hydrogens is 200 g/mol. The minimum Gasteiger partial charge on any atom is -0.497 e. The second kappa shape index (κ2) is 3.63. The van der Waals surface area contributed by atoms with Gasteiger partial charge in [-0.3, -0.25) is 0 Å². The van der Waals surface area contributed by atoms with Crippen LogP contribution in [-0.4, -0.2) is 18.3 Å². The maximum atomic E-state index is 9.87. The fourth-order valence-electron chi connectivity index (χ4n) is 2.92. The molecule has 2 aliphatic carbocycles. The van der Waals surface area contributed by atoms with Gasteiger partial charge in [-0.2, -0.15) is 0 Å². The number of methoxy groups -OCH3 is 1. The van der Waals surface area contributed by atoms with Crippen molar-refractivity contribution in [1.29, 1.82) is 0 Å². The largest absolute Gasteiger partial charge is 0.497 e. The SMILES string of the molecule is COc1ccc2c(c1)CCC1C2=CCC1O. The third kappa shape index (κ3) is 1.37. The highest BCUT2D eigenvalue weighted by Crippen LogP contribution is 2.43. The van der Waals surface area contributed by atoms with Crippen LogP contribution in [0.2, 0.25) is 0 Å². The second-order valence-corrected chi connectivity index (χ2v) is 4.63. The highest BCUT2D eigenvalue weighted by Gasteiger charge is 2.32. The van der Waals surface area contributed by atoms with Gasteiger partial charge in [0, 0.05) is 5.92 Å². The van der Waals surface area contributed by atoms with E-state index in [9.17, 15) is 5.11 Å². The van der Waals surface area contributed by atoms with Gasteiger partial charge in [0.25, 0.3) is 0 Å². The minimum atomic E-state index is -0.162. The molecule has 0 heterocycles. The van der Waals surface area contributed by atoms with Crippen molar-refractivity contribution in [2.45, 2.75) is 25.4 Å². The molecule has 2 atom stereocenters. The maximum Gasteiger partial charge on any atom is 0.119 e. The summed E-state index contributed by atoms with van der Waals surface area (Å²) in [6.07, 6.45) is 4.95. The Morgan fingerprint density at radius 2 is 2.25 bits per heavy atom. The molecule has 2 nitrogen and oxygen atoms in total. The number of hydrogen-bond acceptors (Lipinski definition) is 2. The molecule has 0 aromatic heterocycles. The van der Waals surface area contributed by atoms with Crippen molar-refractivity contribution >= 4 is 5.57 Å². The van der Waals surface area contributed by atoms with Gasteiger partial charge in [-0.25, -0.2) is 0 Å². The molecule has 3 rings (SSSR count). The molecule has 0 bridgehead atoms. The van der Waals surface area contributed by atoms with E-state index in [2.05, 4.69) is 18.2 Å². The Balaban J connectivity index is 2.04. The number of hydrogen-bond donors (Lipinski definition) is 1. The fraction of sp³-hybridized carbons (Fsp3) is 0.429. The van der Waals surface area contributed by atoms with E-state index in [1.165, 1.54) is 16.7 Å². The number of rotatable bonds is 1. The van der Waals surface area contributed by atoms with Gasteiger partial charge >= 0.3 is 0 Å². The number of fused-ring (bicyclic) bond motifs is 3. The van der Waals surface area contributed by atoms with Crippen LogP contribution >= 0.6 is 0 Å². The predicted molar refractivity (Wildman–Crippen MR) is 63.4 cm³/mol. The fourth-order valence-corrected chi connectivity index (χ4v) is 2.92. The van der Waals surface area contributed by atoms with E-state index < -0.39 is 0 Å². The standard InChI is InChI=1S/C14H16O2/c1-16-10-3-5-11-9(8-10)2-4-13-12(11)6-7-14(13)15/h3,5-6,8,13-15H,2,4,7H2,1H3. The molecule has 2 unspecified atom stereocenters. The smallest absolute Gasteiger partial charge is 0.119 e. The summed E-state index contributed by atoms with van der Waals surface area (Å²) in [7, 11) is 1.70. The molecule has 0 spiro atoms. The summed E-state index contributed by atoms with van der Waals surface area (Å²) in [6.45, 7) is 0. The number of aliphatic hydroxyl groups is 1.